The summed E-state index contributed by atoms with van der Waals surface area (Å²) in [4.78, 5) is 12.7. The van der Waals surface area contributed by atoms with Crippen LogP contribution in [0.1, 0.15) is 42.0 Å². The zero-order valence-corrected chi connectivity index (χ0v) is 16.6. The monoisotopic (exact) mass is 383 g/mol. The summed E-state index contributed by atoms with van der Waals surface area (Å²) in [7, 11) is 0. The van der Waals surface area contributed by atoms with Crippen molar-refractivity contribution in [1.82, 2.24) is 9.88 Å². The maximum atomic E-state index is 12.7. The van der Waals surface area contributed by atoms with Crippen molar-refractivity contribution in [2.24, 2.45) is 5.92 Å². The molecule has 1 saturated carbocycles. The molecule has 4 heteroatoms. The minimum atomic E-state index is -0.0728. The Bertz CT molecular complexity index is 1080. The second-order valence-corrected chi connectivity index (χ2v) is 7.77. The zero-order valence-electron chi connectivity index (χ0n) is 16.6. The minimum absolute atomic E-state index is 0.0728. The summed E-state index contributed by atoms with van der Waals surface area (Å²) in [5.74, 6) is 0.458. The van der Waals surface area contributed by atoms with Crippen LogP contribution in [-0.2, 0) is 11.3 Å². The highest BCUT2D eigenvalue weighted by molar-refractivity contribution is 5.96. The van der Waals surface area contributed by atoms with E-state index in [1.54, 1.807) is 6.08 Å². The molecule has 1 fully saturated rings. The number of aryl methyl sites for hydroxylation is 2. The number of amides is 1. The van der Waals surface area contributed by atoms with Crippen LogP contribution in [0.25, 0.3) is 17.0 Å². The maximum absolute atomic E-state index is 12.7. The first-order valence-electron chi connectivity index (χ1n) is 10.2. The zero-order chi connectivity index (χ0) is 20.2. The number of nitrogens with one attached hydrogen (secondary N) is 1. The molecule has 2 aromatic carbocycles. The maximum Gasteiger partial charge on any atom is 0.244 e. The number of fused-ring (bicyclic) bond motifs is 1. The van der Waals surface area contributed by atoms with Crippen molar-refractivity contribution in [1.29, 1.82) is 5.26 Å². The van der Waals surface area contributed by atoms with Crippen molar-refractivity contribution >= 4 is 22.9 Å². The van der Waals surface area contributed by atoms with Gasteiger partial charge in [-0.2, -0.15) is 5.26 Å². The number of carbonyl (C=O) groups excluding carboxylic acids is 1. The number of nitrogens with zero attached hydrogens (tertiary/aromatic N) is 2. The third kappa shape index (κ3) is 4.41. The van der Waals surface area contributed by atoms with E-state index in [-0.39, 0.29) is 11.9 Å². The lowest BCUT2D eigenvalue weighted by Crippen LogP contribution is -2.28. The Hall–Kier alpha value is -3.32. The van der Waals surface area contributed by atoms with Crippen molar-refractivity contribution in [3.63, 3.8) is 0 Å². The number of hydrogen-bond acceptors (Lipinski definition) is 2. The molecule has 1 aliphatic rings. The molecular formula is C25H25N3O. The second-order valence-electron chi connectivity index (χ2n) is 7.77. The molecule has 1 N–H and O–H groups in total. The molecule has 146 valence electrons. The van der Waals surface area contributed by atoms with E-state index in [2.05, 4.69) is 53.2 Å². The van der Waals surface area contributed by atoms with E-state index in [4.69, 9.17) is 5.26 Å². The van der Waals surface area contributed by atoms with E-state index in [1.165, 1.54) is 11.1 Å². The van der Waals surface area contributed by atoms with Gasteiger partial charge >= 0.3 is 0 Å². The van der Waals surface area contributed by atoms with E-state index in [0.717, 1.165) is 29.3 Å². The van der Waals surface area contributed by atoms with E-state index in [1.807, 2.05) is 30.5 Å². The van der Waals surface area contributed by atoms with Gasteiger partial charge in [0, 0.05) is 35.3 Å². The molecule has 4 rings (SSSR count). The smallest absolute Gasteiger partial charge is 0.244 e. The minimum Gasteiger partial charge on any atom is -0.346 e. The highest BCUT2D eigenvalue weighted by Crippen LogP contribution is 2.41. The standard InChI is InChI=1S/C25H25N3O/c1-18-7-9-19(10-8-18)25(20-11-12-20)27-24(29)14-13-21-17-28(16-4-15-26)23-6-3-2-5-22(21)23/h2-3,5-10,13-14,17,20,25H,4,11-12,16H2,1H3,(H,27,29)/b14-13+. The number of para-hydroxylation sites is 1. The molecule has 0 bridgehead atoms. The van der Waals surface area contributed by atoms with Gasteiger partial charge in [0.25, 0.3) is 0 Å². The Morgan fingerprint density at radius 3 is 2.72 bits per heavy atom. The van der Waals surface area contributed by atoms with E-state index in [9.17, 15) is 4.79 Å². The number of carbonyl (C=O) groups is 1. The number of rotatable bonds is 7. The van der Waals surface area contributed by atoms with Gasteiger partial charge in [0.1, 0.15) is 0 Å². The molecule has 0 aliphatic heterocycles. The lowest BCUT2D eigenvalue weighted by molar-refractivity contribution is -0.117. The molecule has 3 aromatic rings. The third-order valence-electron chi connectivity index (χ3n) is 5.53. The Kier molecular flexibility index (Phi) is 5.48. The summed E-state index contributed by atoms with van der Waals surface area (Å²) in [6.07, 6.45) is 8.30. The summed E-state index contributed by atoms with van der Waals surface area (Å²) in [5, 5.41) is 13.2. The molecule has 1 amide bonds. The van der Waals surface area contributed by atoms with Crippen LogP contribution in [0, 0.1) is 24.2 Å². The molecule has 0 radical (unpaired) electrons. The number of nitriles is 1. The Morgan fingerprint density at radius 1 is 1.24 bits per heavy atom. The van der Waals surface area contributed by atoms with Crippen molar-refractivity contribution in [2.75, 3.05) is 0 Å². The summed E-state index contributed by atoms with van der Waals surface area (Å²) in [6.45, 7) is 2.72. The first-order valence-corrected chi connectivity index (χ1v) is 10.2. The van der Waals surface area contributed by atoms with Gasteiger partial charge in [-0.25, -0.2) is 0 Å². The largest absolute Gasteiger partial charge is 0.346 e. The first kappa shape index (κ1) is 19.0. The van der Waals surface area contributed by atoms with E-state index in [0.29, 0.717) is 18.9 Å². The van der Waals surface area contributed by atoms with Gasteiger partial charge in [0.05, 0.1) is 18.5 Å². The molecule has 29 heavy (non-hydrogen) atoms. The third-order valence-corrected chi connectivity index (χ3v) is 5.53. The summed E-state index contributed by atoms with van der Waals surface area (Å²) < 4.78 is 2.08. The normalized spacial score (nSPS) is 14.8. The van der Waals surface area contributed by atoms with Gasteiger partial charge < -0.3 is 9.88 Å². The average molecular weight is 383 g/mol. The van der Waals surface area contributed by atoms with Crippen LogP contribution in [0.4, 0.5) is 0 Å². The first-order chi connectivity index (χ1) is 14.2. The van der Waals surface area contributed by atoms with E-state index >= 15 is 0 Å². The predicted molar refractivity (Wildman–Crippen MR) is 116 cm³/mol. The van der Waals surface area contributed by atoms with Crippen LogP contribution in [-0.4, -0.2) is 10.5 Å². The van der Waals surface area contributed by atoms with Gasteiger partial charge in [0.2, 0.25) is 5.91 Å². The van der Waals surface area contributed by atoms with Crippen LogP contribution in [0.2, 0.25) is 0 Å². The SMILES string of the molecule is Cc1ccc(C(NC(=O)/C=C/c2cn(CCC#N)c3ccccc23)C2CC2)cc1. The van der Waals surface area contributed by atoms with E-state index < -0.39 is 0 Å². The van der Waals surface area contributed by atoms with Gasteiger partial charge in [-0.15, -0.1) is 0 Å². The van der Waals surface area contributed by atoms with Crippen LogP contribution in [0.15, 0.2) is 60.8 Å². The van der Waals surface area contributed by atoms with Crippen molar-refractivity contribution in [2.45, 2.75) is 38.8 Å². The molecular weight excluding hydrogens is 358 g/mol. The molecule has 1 aliphatic carbocycles. The van der Waals surface area contributed by atoms with Crippen molar-refractivity contribution < 1.29 is 4.79 Å². The molecule has 0 spiro atoms. The lowest BCUT2D eigenvalue weighted by Gasteiger charge is -2.18. The second kappa shape index (κ2) is 8.36. The molecule has 0 saturated heterocycles. The Labute approximate surface area is 171 Å². The van der Waals surface area contributed by atoms with Crippen molar-refractivity contribution in [3.8, 4) is 6.07 Å². The highest BCUT2D eigenvalue weighted by atomic mass is 16.1. The van der Waals surface area contributed by atoms with Crippen LogP contribution in [0.5, 0.6) is 0 Å². The Balaban J connectivity index is 1.52. The van der Waals surface area contributed by atoms with Crippen LogP contribution >= 0.6 is 0 Å². The fraction of sp³-hybridized carbons (Fsp3) is 0.280. The topological polar surface area (TPSA) is 57.8 Å². The van der Waals surface area contributed by atoms with Gasteiger partial charge in [-0.05, 0) is 43.4 Å². The fourth-order valence-electron chi connectivity index (χ4n) is 3.81. The average Bonchev–Trinajstić information content (AvgIpc) is 3.52. The van der Waals surface area contributed by atoms with Gasteiger partial charge in [-0.3, -0.25) is 4.79 Å². The van der Waals surface area contributed by atoms with Crippen LogP contribution < -0.4 is 5.32 Å². The van der Waals surface area contributed by atoms with Gasteiger partial charge in [-0.1, -0.05) is 48.0 Å². The predicted octanol–water partition coefficient (Wildman–Crippen LogP) is 5.14. The number of hydrogen-bond donors (Lipinski definition) is 1. The summed E-state index contributed by atoms with van der Waals surface area (Å²) in [6, 6.07) is 18.8. The molecule has 1 aromatic heterocycles. The van der Waals surface area contributed by atoms with Crippen LogP contribution in [0.3, 0.4) is 0 Å². The molecule has 4 nitrogen and oxygen atoms in total. The molecule has 1 unspecified atom stereocenters. The molecule has 1 atom stereocenters. The lowest BCUT2D eigenvalue weighted by atomic mass is 10.0. The van der Waals surface area contributed by atoms with Crippen molar-refractivity contribution in [3.05, 3.63) is 77.5 Å². The number of benzene rings is 2. The highest BCUT2D eigenvalue weighted by Gasteiger charge is 2.33. The molecule has 1 heterocycles. The quantitative estimate of drug-likeness (QED) is 0.574. The Morgan fingerprint density at radius 2 is 2.00 bits per heavy atom. The summed E-state index contributed by atoms with van der Waals surface area (Å²) >= 11 is 0. The fourth-order valence-corrected chi connectivity index (χ4v) is 3.81. The number of aromatic nitrogens is 1. The van der Waals surface area contributed by atoms with Gasteiger partial charge in [0.15, 0.2) is 0 Å². The summed E-state index contributed by atoms with van der Waals surface area (Å²) in [5.41, 5.74) is 4.47.